The van der Waals surface area contributed by atoms with Crippen LogP contribution < -0.4 is 10.3 Å². The number of nitrogens with one attached hydrogen (secondary N) is 1. The van der Waals surface area contributed by atoms with Crippen LogP contribution in [0.1, 0.15) is 29.4 Å². The molecule has 0 radical (unpaired) electrons. The molecule has 2 heterocycles. The third kappa shape index (κ3) is 3.92. The lowest BCUT2D eigenvalue weighted by atomic mass is 10.0. The summed E-state index contributed by atoms with van der Waals surface area (Å²) in [6.07, 6.45) is 5.30. The summed E-state index contributed by atoms with van der Waals surface area (Å²) >= 11 is 0. The molecule has 1 aromatic heterocycles. The average Bonchev–Trinajstić information content (AvgIpc) is 3.03. The molecule has 1 N–H and O–H groups in total. The van der Waals surface area contributed by atoms with Gasteiger partial charge in [-0.05, 0) is 26.0 Å². The van der Waals surface area contributed by atoms with Crippen LogP contribution in [-0.2, 0) is 0 Å². The number of aromatic amines is 1. The van der Waals surface area contributed by atoms with E-state index in [1.807, 2.05) is 31.2 Å². The number of hydrogen-bond acceptors (Lipinski definition) is 4. The number of H-pyrrole nitrogens is 1. The number of aromatic nitrogens is 2. The maximum atomic E-state index is 11.6. The van der Waals surface area contributed by atoms with Gasteiger partial charge in [-0.15, -0.1) is 0 Å². The Morgan fingerprint density at radius 2 is 2.25 bits per heavy atom. The van der Waals surface area contributed by atoms with Gasteiger partial charge < -0.3 is 9.72 Å². The van der Waals surface area contributed by atoms with Gasteiger partial charge in [0.25, 0.3) is 5.56 Å². The molecular weight excluding hydrogens is 302 g/mol. The van der Waals surface area contributed by atoms with Crippen LogP contribution in [0.25, 0.3) is 6.08 Å². The lowest BCUT2D eigenvalue weighted by molar-refractivity contribution is 0.371. The van der Waals surface area contributed by atoms with Crippen LogP contribution in [0, 0.1) is 6.92 Å². The Morgan fingerprint density at radius 1 is 1.42 bits per heavy atom. The van der Waals surface area contributed by atoms with Gasteiger partial charge in [-0.3, -0.25) is 9.69 Å². The van der Waals surface area contributed by atoms with Gasteiger partial charge in [0.15, 0.2) is 0 Å². The molecule has 1 atom stereocenters. The van der Waals surface area contributed by atoms with Crippen molar-refractivity contribution < 1.29 is 4.74 Å². The highest BCUT2D eigenvalue weighted by Gasteiger charge is 2.24. The second-order valence-corrected chi connectivity index (χ2v) is 6.15. The molecule has 2 aromatic rings. The lowest BCUT2D eigenvalue weighted by Gasteiger charge is -2.13. The first-order chi connectivity index (χ1) is 11.7. The molecule has 5 heteroatoms. The number of likely N-dealkylation sites (tertiary alicyclic amines) is 1. The van der Waals surface area contributed by atoms with Crippen molar-refractivity contribution in [2.45, 2.75) is 19.3 Å². The molecule has 126 valence electrons. The van der Waals surface area contributed by atoms with Gasteiger partial charge in [-0.2, -0.15) is 0 Å². The zero-order valence-electron chi connectivity index (χ0n) is 14.2. The summed E-state index contributed by atoms with van der Waals surface area (Å²) < 4.78 is 5.36. The minimum Gasteiger partial charge on any atom is -0.496 e. The summed E-state index contributed by atoms with van der Waals surface area (Å²) in [5, 5.41) is 0. The van der Waals surface area contributed by atoms with E-state index in [1.165, 1.54) is 0 Å². The zero-order chi connectivity index (χ0) is 16.9. The molecule has 1 aliphatic heterocycles. The SMILES string of the molecule is COc1ccccc1/C=C\CN1CCC(c2cc(=O)[nH]c(C)n2)C1. The van der Waals surface area contributed by atoms with Crippen molar-refractivity contribution in [3.05, 3.63) is 63.8 Å². The van der Waals surface area contributed by atoms with Crippen molar-refractivity contribution in [2.24, 2.45) is 0 Å². The molecule has 5 nitrogen and oxygen atoms in total. The van der Waals surface area contributed by atoms with E-state index in [-0.39, 0.29) is 5.56 Å². The molecule has 1 saturated heterocycles. The van der Waals surface area contributed by atoms with E-state index in [4.69, 9.17) is 4.74 Å². The predicted molar refractivity (Wildman–Crippen MR) is 95.4 cm³/mol. The Balaban J connectivity index is 1.60. The van der Waals surface area contributed by atoms with Crippen LogP contribution in [0.2, 0.25) is 0 Å². The van der Waals surface area contributed by atoms with E-state index in [0.29, 0.717) is 11.7 Å². The predicted octanol–water partition coefficient (Wildman–Crippen LogP) is 2.59. The summed E-state index contributed by atoms with van der Waals surface area (Å²) in [7, 11) is 1.69. The highest BCUT2D eigenvalue weighted by Crippen LogP contribution is 2.25. The van der Waals surface area contributed by atoms with Gasteiger partial charge in [0.1, 0.15) is 11.6 Å². The number of aryl methyl sites for hydroxylation is 1. The minimum atomic E-state index is -0.0629. The molecule has 0 amide bonds. The van der Waals surface area contributed by atoms with Crippen LogP contribution in [0.4, 0.5) is 0 Å². The largest absolute Gasteiger partial charge is 0.496 e. The Kier molecular flexibility index (Phi) is 5.11. The van der Waals surface area contributed by atoms with Crippen molar-refractivity contribution in [3.8, 4) is 5.75 Å². The number of nitrogens with zero attached hydrogens (tertiary/aromatic N) is 2. The van der Waals surface area contributed by atoms with Crippen molar-refractivity contribution in [1.29, 1.82) is 0 Å². The summed E-state index contributed by atoms with van der Waals surface area (Å²) in [6, 6.07) is 9.62. The van der Waals surface area contributed by atoms with E-state index >= 15 is 0 Å². The number of hydrogen-bond donors (Lipinski definition) is 1. The summed E-state index contributed by atoms with van der Waals surface area (Å²) in [5.74, 6) is 1.91. The van der Waals surface area contributed by atoms with Crippen molar-refractivity contribution in [3.63, 3.8) is 0 Å². The normalized spacial score (nSPS) is 18.3. The topological polar surface area (TPSA) is 58.2 Å². The third-order valence-corrected chi connectivity index (χ3v) is 4.37. The Labute approximate surface area is 142 Å². The Morgan fingerprint density at radius 3 is 3.04 bits per heavy atom. The fraction of sp³-hybridized carbons (Fsp3) is 0.368. The second-order valence-electron chi connectivity index (χ2n) is 6.15. The number of methoxy groups -OCH3 is 1. The molecule has 1 fully saturated rings. The fourth-order valence-corrected chi connectivity index (χ4v) is 3.18. The third-order valence-electron chi connectivity index (χ3n) is 4.37. The first kappa shape index (κ1) is 16.5. The smallest absolute Gasteiger partial charge is 0.251 e. The number of benzene rings is 1. The van der Waals surface area contributed by atoms with Crippen molar-refractivity contribution in [2.75, 3.05) is 26.7 Å². The maximum Gasteiger partial charge on any atom is 0.251 e. The van der Waals surface area contributed by atoms with Crippen LogP contribution in [0.15, 0.2) is 41.2 Å². The Bertz CT molecular complexity index is 782. The van der Waals surface area contributed by atoms with Gasteiger partial charge in [0, 0.05) is 30.6 Å². The van der Waals surface area contributed by atoms with E-state index in [1.54, 1.807) is 13.2 Å². The van der Waals surface area contributed by atoms with E-state index in [9.17, 15) is 4.79 Å². The standard InChI is InChI=1S/C19H23N3O2/c1-14-20-17(12-19(23)21-14)16-9-11-22(13-16)10-5-7-15-6-3-4-8-18(15)24-2/h3-8,12,16H,9-11,13H2,1-2H3,(H,20,21,23)/b7-5-. The van der Waals surface area contributed by atoms with E-state index in [0.717, 1.165) is 43.1 Å². The molecule has 0 aliphatic carbocycles. The molecule has 3 rings (SSSR count). The number of rotatable bonds is 5. The summed E-state index contributed by atoms with van der Waals surface area (Å²) in [4.78, 5) is 21.2. The maximum absolute atomic E-state index is 11.6. The summed E-state index contributed by atoms with van der Waals surface area (Å²) in [5.41, 5.74) is 1.93. The fourth-order valence-electron chi connectivity index (χ4n) is 3.18. The molecule has 1 unspecified atom stereocenters. The molecule has 0 bridgehead atoms. The highest BCUT2D eigenvalue weighted by molar-refractivity contribution is 5.57. The average molecular weight is 325 g/mol. The van der Waals surface area contributed by atoms with E-state index < -0.39 is 0 Å². The molecule has 0 saturated carbocycles. The molecular formula is C19H23N3O2. The molecule has 24 heavy (non-hydrogen) atoms. The van der Waals surface area contributed by atoms with Gasteiger partial charge in [-0.1, -0.05) is 30.4 Å². The van der Waals surface area contributed by atoms with Crippen LogP contribution in [0.5, 0.6) is 5.75 Å². The van der Waals surface area contributed by atoms with Gasteiger partial charge in [0.05, 0.1) is 12.8 Å². The molecule has 0 spiro atoms. The Hall–Kier alpha value is -2.40. The highest BCUT2D eigenvalue weighted by atomic mass is 16.5. The monoisotopic (exact) mass is 325 g/mol. The van der Waals surface area contributed by atoms with Crippen molar-refractivity contribution >= 4 is 6.08 Å². The lowest BCUT2D eigenvalue weighted by Crippen LogP contribution is -2.21. The quantitative estimate of drug-likeness (QED) is 0.918. The van der Waals surface area contributed by atoms with Crippen LogP contribution >= 0.6 is 0 Å². The first-order valence-electron chi connectivity index (χ1n) is 8.25. The van der Waals surface area contributed by atoms with Gasteiger partial charge >= 0.3 is 0 Å². The van der Waals surface area contributed by atoms with Crippen LogP contribution in [0.3, 0.4) is 0 Å². The summed E-state index contributed by atoms with van der Waals surface area (Å²) in [6.45, 7) is 4.67. The number of para-hydroxylation sites is 1. The molecule has 1 aliphatic rings. The molecule has 1 aromatic carbocycles. The first-order valence-corrected chi connectivity index (χ1v) is 8.25. The zero-order valence-corrected chi connectivity index (χ0v) is 14.2. The van der Waals surface area contributed by atoms with E-state index in [2.05, 4.69) is 27.0 Å². The second kappa shape index (κ2) is 7.45. The number of ether oxygens (including phenoxy) is 1. The van der Waals surface area contributed by atoms with Gasteiger partial charge in [0.2, 0.25) is 0 Å². The minimum absolute atomic E-state index is 0.0629. The van der Waals surface area contributed by atoms with Crippen molar-refractivity contribution in [1.82, 2.24) is 14.9 Å². The van der Waals surface area contributed by atoms with Crippen LogP contribution in [-0.4, -0.2) is 41.6 Å². The van der Waals surface area contributed by atoms with Gasteiger partial charge in [-0.25, -0.2) is 4.98 Å².